The van der Waals surface area contributed by atoms with Crippen molar-refractivity contribution in [3.8, 4) is 5.75 Å². The van der Waals surface area contributed by atoms with Crippen LogP contribution in [-0.2, 0) is 21.8 Å². The quantitative estimate of drug-likeness (QED) is 0.490. The van der Waals surface area contributed by atoms with Gasteiger partial charge in [0.25, 0.3) is 0 Å². The zero-order valence-corrected chi connectivity index (χ0v) is 20.8. The molecule has 2 aliphatic heterocycles. The van der Waals surface area contributed by atoms with Crippen LogP contribution in [0.1, 0.15) is 5.56 Å². The van der Waals surface area contributed by atoms with Gasteiger partial charge in [0.05, 0.1) is 11.6 Å². The second kappa shape index (κ2) is 10.5. The maximum atomic E-state index is 11.1. The van der Waals surface area contributed by atoms with Gasteiger partial charge in [-0.1, -0.05) is 29.3 Å². The van der Waals surface area contributed by atoms with Crippen LogP contribution in [0.25, 0.3) is 0 Å². The second-order valence-electron chi connectivity index (χ2n) is 8.58. The van der Waals surface area contributed by atoms with Crippen LogP contribution in [0.4, 0.5) is 10.5 Å². The number of hydrogen-bond acceptors (Lipinski definition) is 7. The monoisotopic (exact) mass is 533 g/mol. The Labute approximate surface area is 217 Å². The van der Waals surface area contributed by atoms with Gasteiger partial charge in [-0.15, -0.1) is 0 Å². The van der Waals surface area contributed by atoms with Gasteiger partial charge in [-0.25, -0.2) is 14.5 Å². The van der Waals surface area contributed by atoms with Crippen molar-refractivity contribution < 1.29 is 24.1 Å². The number of aromatic nitrogens is 3. The Balaban J connectivity index is 1.22. The average molecular weight is 534 g/mol. The van der Waals surface area contributed by atoms with Crippen molar-refractivity contribution in [1.82, 2.24) is 19.7 Å². The smallest absolute Gasteiger partial charge is 0.407 e. The van der Waals surface area contributed by atoms with Crippen LogP contribution in [0.2, 0.25) is 10.0 Å². The molecule has 2 atom stereocenters. The summed E-state index contributed by atoms with van der Waals surface area (Å²) >= 11 is 12.6. The van der Waals surface area contributed by atoms with E-state index in [0.29, 0.717) is 54.1 Å². The first-order valence-corrected chi connectivity index (χ1v) is 12.2. The van der Waals surface area contributed by atoms with Crippen LogP contribution >= 0.6 is 23.2 Å². The van der Waals surface area contributed by atoms with Crippen LogP contribution in [0, 0.1) is 0 Å². The van der Waals surface area contributed by atoms with E-state index in [1.807, 2.05) is 24.3 Å². The fraction of sp³-hybridized carbons (Fsp3) is 0.375. The first-order chi connectivity index (χ1) is 17.4. The normalized spacial score (nSPS) is 22.1. The summed E-state index contributed by atoms with van der Waals surface area (Å²) < 4.78 is 20.2. The summed E-state index contributed by atoms with van der Waals surface area (Å²) in [6, 6.07) is 12.9. The molecular weight excluding hydrogens is 509 g/mol. The maximum Gasteiger partial charge on any atom is 0.407 e. The van der Waals surface area contributed by atoms with Gasteiger partial charge in [0.15, 0.2) is 0 Å². The number of benzene rings is 2. The highest BCUT2D eigenvalue weighted by atomic mass is 35.5. The summed E-state index contributed by atoms with van der Waals surface area (Å²) in [5.41, 5.74) is 1.68. The molecule has 0 radical (unpaired) electrons. The van der Waals surface area contributed by atoms with E-state index in [0.717, 1.165) is 5.69 Å². The highest BCUT2D eigenvalue weighted by molar-refractivity contribution is 6.35. The SMILES string of the molecule is O=C(O)N1CCN(c2ccc(OCC3COC(Cn4cncn4)(c4ccc(Cl)cc4Cl)O3)cc2)CC1. The minimum Gasteiger partial charge on any atom is -0.491 e. The highest BCUT2D eigenvalue weighted by Crippen LogP contribution is 2.40. The van der Waals surface area contributed by atoms with Crippen molar-refractivity contribution in [2.45, 2.75) is 18.4 Å². The highest BCUT2D eigenvalue weighted by Gasteiger charge is 2.45. The molecule has 2 saturated heterocycles. The average Bonchev–Trinajstić information content (AvgIpc) is 3.54. The number of piperazine rings is 1. The van der Waals surface area contributed by atoms with Crippen LogP contribution in [0.5, 0.6) is 5.75 Å². The van der Waals surface area contributed by atoms with E-state index in [1.54, 1.807) is 29.2 Å². The third-order valence-corrected chi connectivity index (χ3v) is 6.77. The molecule has 36 heavy (non-hydrogen) atoms. The van der Waals surface area contributed by atoms with Crippen molar-refractivity contribution in [1.29, 1.82) is 0 Å². The fourth-order valence-electron chi connectivity index (χ4n) is 4.38. The van der Waals surface area contributed by atoms with E-state index < -0.39 is 11.9 Å². The Morgan fingerprint density at radius 1 is 1.14 bits per heavy atom. The molecule has 2 unspecified atom stereocenters. The lowest BCUT2D eigenvalue weighted by Crippen LogP contribution is -2.48. The van der Waals surface area contributed by atoms with Crippen LogP contribution in [0.15, 0.2) is 55.1 Å². The van der Waals surface area contributed by atoms with Crippen LogP contribution in [-0.4, -0.2) is 76.4 Å². The van der Waals surface area contributed by atoms with Gasteiger partial charge in [-0.3, -0.25) is 0 Å². The molecule has 10 nitrogen and oxygen atoms in total. The summed E-state index contributed by atoms with van der Waals surface area (Å²) in [5.74, 6) is -0.462. The van der Waals surface area contributed by atoms with Gasteiger partial charge in [-0.2, -0.15) is 5.10 Å². The van der Waals surface area contributed by atoms with Crippen LogP contribution in [0.3, 0.4) is 0 Å². The molecule has 0 bridgehead atoms. The summed E-state index contributed by atoms with van der Waals surface area (Å²) in [4.78, 5) is 18.7. The van der Waals surface area contributed by atoms with Gasteiger partial charge in [-0.05, 0) is 36.4 Å². The molecule has 190 valence electrons. The number of carbonyl (C=O) groups is 1. The lowest BCUT2D eigenvalue weighted by atomic mass is 10.1. The summed E-state index contributed by atoms with van der Waals surface area (Å²) in [6.45, 7) is 3.12. The molecule has 2 aliphatic rings. The largest absolute Gasteiger partial charge is 0.491 e. The lowest BCUT2D eigenvalue weighted by molar-refractivity contribution is -0.190. The van der Waals surface area contributed by atoms with E-state index in [9.17, 15) is 4.79 Å². The van der Waals surface area contributed by atoms with Gasteiger partial charge in [0.1, 0.15) is 37.7 Å². The fourth-order valence-corrected chi connectivity index (χ4v) is 4.93. The summed E-state index contributed by atoms with van der Waals surface area (Å²) in [5, 5.41) is 14.3. The Hall–Kier alpha value is -3.05. The number of nitrogens with zero attached hydrogens (tertiary/aromatic N) is 5. The first kappa shape index (κ1) is 24.6. The predicted molar refractivity (Wildman–Crippen MR) is 133 cm³/mol. The second-order valence-corrected chi connectivity index (χ2v) is 9.43. The predicted octanol–water partition coefficient (Wildman–Crippen LogP) is 3.73. The topological polar surface area (TPSA) is 102 Å². The molecular formula is C24H25Cl2N5O5. The van der Waals surface area contributed by atoms with Crippen molar-refractivity contribution >= 4 is 35.0 Å². The van der Waals surface area contributed by atoms with Gasteiger partial charge in [0, 0.05) is 42.5 Å². The molecule has 2 aromatic carbocycles. The third-order valence-electron chi connectivity index (χ3n) is 6.23. The molecule has 0 spiro atoms. The van der Waals surface area contributed by atoms with Gasteiger partial charge in [0.2, 0.25) is 5.79 Å². The molecule has 0 aliphatic carbocycles. The van der Waals surface area contributed by atoms with E-state index in [1.165, 1.54) is 11.2 Å². The molecule has 5 rings (SSSR count). The van der Waals surface area contributed by atoms with Crippen molar-refractivity contribution in [3.63, 3.8) is 0 Å². The number of rotatable bonds is 7. The van der Waals surface area contributed by atoms with Crippen molar-refractivity contribution in [2.24, 2.45) is 0 Å². The molecule has 1 amide bonds. The van der Waals surface area contributed by atoms with Crippen LogP contribution < -0.4 is 9.64 Å². The maximum absolute atomic E-state index is 11.1. The van der Waals surface area contributed by atoms with E-state index in [4.69, 9.17) is 42.5 Å². The molecule has 0 saturated carbocycles. The van der Waals surface area contributed by atoms with Gasteiger partial charge >= 0.3 is 6.09 Å². The molecule has 3 aromatic rings. The summed E-state index contributed by atoms with van der Waals surface area (Å²) in [7, 11) is 0. The zero-order chi connectivity index (χ0) is 25.1. The number of hydrogen-bond donors (Lipinski definition) is 1. The number of anilines is 1. The third kappa shape index (κ3) is 5.36. The first-order valence-electron chi connectivity index (χ1n) is 11.5. The Kier molecular flexibility index (Phi) is 7.20. The van der Waals surface area contributed by atoms with Gasteiger partial charge < -0.3 is 29.1 Å². The van der Waals surface area contributed by atoms with E-state index in [2.05, 4.69) is 15.0 Å². The molecule has 3 heterocycles. The Morgan fingerprint density at radius 3 is 2.58 bits per heavy atom. The van der Waals surface area contributed by atoms with Crippen molar-refractivity contribution in [3.05, 3.63) is 70.7 Å². The Bertz CT molecular complexity index is 1190. The lowest BCUT2D eigenvalue weighted by Gasteiger charge is -2.34. The molecule has 1 aromatic heterocycles. The summed E-state index contributed by atoms with van der Waals surface area (Å²) in [6.07, 6.45) is 1.82. The molecule has 1 N–H and O–H groups in total. The minimum atomic E-state index is -1.16. The minimum absolute atomic E-state index is 0.259. The number of halogens is 2. The zero-order valence-electron chi connectivity index (χ0n) is 19.3. The number of amides is 1. The molecule has 2 fully saturated rings. The Morgan fingerprint density at radius 2 is 1.92 bits per heavy atom. The standard InChI is InChI=1S/C24H25Cl2N5O5/c25-17-1-6-21(22(26)11-17)24(14-31-16-27-15-28-31)35-13-20(36-24)12-34-19-4-2-18(3-5-19)29-7-9-30(10-8-29)23(32)33/h1-6,11,15-16,20H,7-10,12-14H2,(H,32,33). The van der Waals surface area contributed by atoms with E-state index >= 15 is 0 Å². The number of ether oxygens (including phenoxy) is 3. The van der Waals surface area contributed by atoms with Crippen molar-refractivity contribution in [2.75, 3.05) is 44.3 Å². The van der Waals surface area contributed by atoms with E-state index in [-0.39, 0.29) is 19.3 Å². The molecule has 12 heteroatoms. The number of carboxylic acid groups (broad SMARTS) is 1.